The van der Waals surface area contributed by atoms with Gasteiger partial charge in [0, 0.05) is 50.5 Å². The van der Waals surface area contributed by atoms with E-state index in [9.17, 15) is 13.7 Å². The molecule has 0 fully saturated rings. The van der Waals surface area contributed by atoms with Gasteiger partial charge in [-0.15, -0.1) is 0 Å². The average molecular weight is 488 g/mol. The summed E-state index contributed by atoms with van der Waals surface area (Å²) in [6.07, 6.45) is 7.11. The highest BCUT2D eigenvalue weighted by Crippen LogP contribution is 2.33. The molecule has 35 heavy (non-hydrogen) atoms. The number of aromatic nitrogens is 4. The van der Waals surface area contributed by atoms with Gasteiger partial charge < -0.3 is 14.5 Å². The highest BCUT2D eigenvalue weighted by atomic mass is 32.2. The normalized spacial score (nSPS) is 16.5. The molecule has 0 bridgehead atoms. The zero-order valence-corrected chi connectivity index (χ0v) is 20.1. The van der Waals surface area contributed by atoms with Crippen molar-refractivity contribution < 1.29 is 8.42 Å². The molecule has 0 saturated heterocycles. The fourth-order valence-corrected chi connectivity index (χ4v) is 6.26. The zero-order chi connectivity index (χ0) is 24.4. The molecule has 10 heteroatoms. The Morgan fingerprint density at radius 2 is 2.00 bits per heavy atom. The van der Waals surface area contributed by atoms with Gasteiger partial charge in [0.15, 0.2) is 0 Å². The van der Waals surface area contributed by atoms with Crippen LogP contribution in [0.4, 0.5) is 5.69 Å². The van der Waals surface area contributed by atoms with Crippen molar-refractivity contribution in [1.29, 1.82) is 5.26 Å². The number of nitrogens with one attached hydrogen (secondary N) is 1. The lowest BCUT2D eigenvalue weighted by atomic mass is 10.1. The Bertz CT molecular complexity index is 1460. The van der Waals surface area contributed by atoms with Gasteiger partial charge in [0.25, 0.3) is 10.0 Å². The van der Waals surface area contributed by atoms with E-state index in [1.807, 2.05) is 42.6 Å². The maximum Gasteiger partial charge on any atom is 0.277 e. The van der Waals surface area contributed by atoms with E-state index < -0.39 is 10.0 Å². The first-order valence-electron chi connectivity index (χ1n) is 11.2. The first-order chi connectivity index (χ1) is 17.0. The third-order valence-corrected chi connectivity index (χ3v) is 8.15. The van der Waals surface area contributed by atoms with Crippen LogP contribution in [0.5, 0.6) is 0 Å². The fraction of sp³-hybridized carbons (Fsp3) is 0.240. The lowest BCUT2D eigenvalue weighted by molar-refractivity contribution is 0.314. The Morgan fingerprint density at radius 1 is 1.17 bits per heavy atom. The van der Waals surface area contributed by atoms with Crippen molar-refractivity contribution in [2.24, 2.45) is 7.05 Å². The molecule has 9 nitrogen and oxygen atoms in total. The minimum Gasteiger partial charge on any atom is -0.364 e. The van der Waals surface area contributed by atoms with E-state index in [-0.39, 0.29) is 17.7 Å². The van der Waals surface area contributed by atoms with E-state index in [1.54, 1.807) is 31.7 Å². The van der Waals surface area contributed by atoms with Crippen LogP contribution in [0.2, 0.25) is 0 Å². The van der Waals surface area contributed by atoms with Crippen molar-refractivity contribution in [2.75, 3.05) is 11.4 Å². The average Bonchev–Trinajstić information content (AvgIpc) is 3.51. The first kappa shape index (κ1) is 22.8. The van der Waals surface area contributed by atoms with Gasteiger partial charge in [-0.25, -0.2) is 18.4 Å². The second-order valence-electron chi connectivity index (χ2n) is 8.61. The second-order valence-corrected chi connectivity index (χ2v) is 10.4. The highest BCUT2D eigenvalue weighted by molar-refractivity contribution is 7.89. The third kappa shape index (κ3) is 4.56. The molecular formula is C25H25N7O2S. The largest absolute Gasteiger partial charge is 0.364 e. The Hall–Kier alpha value is -3.94. The molecule has 2 aromatic heterocycles. The molecule has 1 aliphatic heterocycles. The molecule has 0 aliphatic carbocycles. The Kier molecular flexibility index (Phi) is 6.11. The fourth-order valence-electron chi connectivity index (χ4n) is 4.59. The van der Waals surface area contributed by atoms with Crippen LogP contribution in [-0.4, -0.2) is 44.8 Å². The zero-order valence-electron chi connectivity index (χ0n) is 19.2. The van der Waals surface area contributed by atoms with E-state index in [2.05, 4.69) is 25.9 Å². The van der Waals surface area contributed by atoms with Crippen LogP contribution in [-0.2, 0) is 36.6 Å². The predicted octanol–water partition coefficient (Wildman–Crippen LogP) is 2.84. The van der Waals surface area contributed by atoms with Gasteiger partial charge in [0.2, 0.25) is 5.16 Å². The minimum atomic E-state index is -3.94. The van der Waals surface area contributed by atoms with Crippen molar-refractivity contribution >= 4 is 15.7 Å². The highest BCUT2D eigenvalue weighted by Gasteiger charge is 2.38. The smallest absolute Gasteiger partial charge is 0.277 e. The molecule has 4 aromatic rings. The number of sulfonamides is 1. The molecule has 0 saturated carbocycles. The summed E-state index contributed by atoms with van der Waals surface area (Å²) in [5, 5.41) is 9.51. The van der Waals surface area contributed by atoms with Crippen LogP contribution in [0.25, 0.3) is 0 Å². The molecule has 0 unspecified atom stereocenters. The predicted molar refractivity (Wildman–Crippen MR) is 131 cm³/mol. The lowest BCUT2D eigenvalue weighted by Gasteiger charge is -2.31. The number of rotatable bonds is 6. The molecule has 2 aromatic carbocycles. The number of H-pyrrole nitrogens is 1. The number of imidazole rings is 2. The van der Waals surface area contributed by atoms with Crippen LogP contribution < -0.4 is 4.90 Å². The second kappa shape index (κ2) is 9.37. The molecule has 0 radical (unpaired) electrons. The molecule has 0 amide bonds. The van der Waals surface area contributed by atoms with Crippen molar-refractivity contribution in [3.05, 3.63) is 95.8 Å². The molecule has 1 N–H and O–H groups in total. The van der Waals surface area contributed by atoms with Crippen molar-refractivity contribution in [3.8, 4) is 6.07 Å². The summed E-state index contributed by atoms with van der Waals surface area (Å²) in [5.74, 6) is 0. The molecule has 1 aliphatic rings. The Labute approximate surface area is 204 Å². The maximum atomic E-state index is 14.0. The number of aromatic amines is 1. The number of hydrogen-bond donors (Lipinski definition) is 1. The molecule has 3 heterocycles. The topological polar surface area (TPSA) is 111 Å². The summed E-state index contributed by atoms with van der Waals surface area (Å²) >= 11 is 0. The van der Waals surface area contributed by atoms with Gasteiger partial charge in [-0.05, 0) is 35.7 Å². The van der Waals surface area contributed by atoms with E-state index in [4.69, 9.17) is 0 Å². The van der Waals surface area contributed by atoms with E-state index in [0.717, 1.165) is 22.5 Å². The summed E-state index contributed by atoms with van der Waals surface area (Å²) in [7, 11) is -2.26. The Morgan fingerprint density at radius 3 is 2.69 bits per heavy atom. The lowest BCUT2D eigenvalue weighted by Crippen LogP contribution is -2.46. The van der Waals surface area contributed by atoms with Crippen LogP contribution >= 0.6 is 0 Å². The summed E-state index contributed by atoms with van der Waals surface area (Å²) in [6, 6.07) is 17.1. The number of benzene rings is 2. The van der Waals surface area contributed by atoms with Crippen LogP contribution in [0.1, 0.15) is 22.4 Å². The van der Waals surface area contributed by atoms with Gasteiger partial charge >= 0.3 is 0 Å². The number of anilines is 1. The standard InChI is InChI=1S/C25H25N7O2S/c1-30-10-9-28-25(30)35(33,34)32-15-21-11-20(13-26)7-8-24(21)31(16-22-14-27-18-29-22)17-23(32)12-19-5-3-2-4-6-19/h2-11,14,18,23H,12,15-17H2,1H3,(H,27,29)/t23-/m1/s1. The van der Waals surface area contributed by atoms with Crippen LogP contribution in [0.15, 0.2) is 78.6 Å². The summed E-state index contributed by atoms with van der Waals surface area (Å²) in [5.41, 5.74) is 4.04. The molecule has 5 rings (SSSR count). The van der Waals surface area contributed by atoms with Gasteiger partial charge in [-0.2, -0.15) is 9.57 Å². The van der Waals surface area contributed by atoms with Gasteiger partial charge in [0.1, 0.15) is 0 Å². The van der Waals surface area contributed by atoms with E-state index in [0.29, 0.717) is 25.1 Å². The van der Waals surface area contributed by atoms with Crippen LogP contribution in [0.3, 0.4) is 0 Å². The number of nitrogens with zero attached hydrogens (tertiary/aromatic N) is 6. The first-order valence-corrected chi connectivity index (χ1v) is 12.7. The van der Waals surface area contributed by atoms with Crippen molar-refractivity contribution in [1.82, 2.24) is 23.8 Å². The molecular weight excluding hydrogens is 462 g/mol. The molecule has 0 spiro atoms. The number of nitriles is 1. The summed E-state index contributed by atoms with van der Waals surface area (Å²) in [4.78, 5) is 13.7. The molecule has 178 valence electrons. The third-order valence-electron chi connectivity index (χ3n) is 6.25. The number of hydrogen-bond acceptors (Lipinski definition) is 6. The summed E-state index contributed by atoms with van der Waals surface area (Å²) in [6.45, 7) is 1.09. The SMILES string of the molecule is Cn1ccnc1S(=O)(=O)N1Cc2cc(C#N)ccc2N(Cc2c[nH]cn2)C[C@H]1Cc1ccccc1. The molecule has 1 atom stereocenters. The van der Waals surface area contributed by atoms with Crippen molar-refractivity contribution in [2.45, 2.75) is 30.7 Å². The maximum absolute atomic E-state index is 14.0. The quantitative estimate of drug-likeness (QED) is 0.448. The summed E-state index contributed by atoms with van der Waals surface area (Å²) < 4.78 is 31.0. The Balaban J connectivity index is 1.63. The number of fused-ring (bicyclic) bond motifs is 1. The van der Waals surface area contributed by atoms with Crippen molar-refractivity contribution in [3.63, 3.8) is 0 Å². The minimum absolute atomic E-state index is 0.00528. The van der Waals surface area contributed by atoms with E-state index in [1.165, 1.54) is 15.1 Å². The van der Waals surface area contributed by atoms with E-state index >= 15 is 0 Å². The monoisotopic (exact) mass is 487 g/mol. The van der Waals surface area contributed by atoms with Gasteiger partial charge in [-0.1, -0.05) is 30.3 Å². The van der Waals surface area contributed by atoms with Gasteiger partial charge in [-0.3, -0.25) is 0 Å². The van der Waals surface area contributed by atoms with Gasteiger partial charge in [0.05, 0.1) is 30.2 Å². The van der Waals surface area contributed by atoms with Crippen LogP contribution in [0, 0.1) is 11.3 Å². The number of aryl methyl sites for hydroxylation is 1.